The molecule has 132 valence electrons. The van der Waals surface area contributed by atoms with Crippen LogP contribution in [0, 0.1) is 6.92 Å². The van der Waals surface area contributed by atoms with Crippen molar-refractivity contribution in [1.82, 2.24) is 9.97 Å². The smallest absolute Gasteiger partial charge is 0.341 e. The summed E-state index contributed by atoms with van der Waals surface area (Å²) in [5, 5.41) is 0. The summed E-state index contributed by atoms with van der Waals surface area (Å²) in [4.78, 5) is 20.5. The quantitative estimate of drug-likeness (QED) is 0.451. The number of hydrogen-bond acceptors (Lipinski definition) is 6. The van der Waals surface area contributed by atoms with Crippen molar-refractivity contribution >= 4 is 11.5 Å². The lowest BCUT2D eigenvalue weighted by atomic mass is 10.0. The zero-order valence-corrected chi connectivity index (χ0v) is 15.1. The van der Waals surface area contributed by atoms with E-state index in [-0.39, 0.29) is 11.5 Å². The molecule has 0 N–H and O–H groups in total. The highest BCUT2D eigenvalue weighted by Gasteiger charge is 2.22. The van der Waals surface area contributed by atoms with E-state index in [4.69, 9.17) is 14.2 Å². The molecule has 0 atom stereocenters. The highest BCUT2D eigenvalue weighted by molar-refractivity contribution is 6.17. The lowest BCUT2D eigenvalue weighted by Gasteiger charge is -2.14. The predicted molar refractivity (Wildman–Crippen MR) is 94.4 cm³/mol. The summed E-state index contributed by atoms with van der Waals surface area (Å²) >= 11 is 0. The number of rotatable bonds is 6. The highest BCUT2D eigenvalue weighted by atomic mass is 16.5. The van der Waals surface area contributed by atoms with Crippen molar-refractivity contribution in [2.24, 2.45) is 0 Å². The van der Waals surface area contributed by atoms with Gasteiger partial charge in [-0.3, -0.25) is 0 Å². The standard InChI is InChI=1S/C19H22N2O4/c1-12(2)14-7-6-8-15(9-14)25-18-17(13(3)20-11-21-18)16(10-23-4)19(22)24-5/h6-12H,1-5H3/b16-10-. The molecular formula is C19H22N2O4. The van der Waals surface area contributed by atoms with Gasteiger partial charge in [-0.1, -0.05) is 26.0 Å². The number of ether oxygens (including phenoxy) is 3. The summed E-state index contributed by atoms with van der Waals surface area (Å²) in [6.45, 7) is 5.98. The van der Waals surface area contributed by atoms with Crippen LogP contribution in [0.5, 0.6) is 11.6 Å². The van der Waals surface area contributed by atoms with Crippen LogP contribution in [-0.2, 0) is 14.3 Å². The Morgan fingerprint density at radius 3 is 2.60 bits per heavy atom. The van der Waals surface area contributed by atoms with Crippen LogP contribution in [0.2, 0.25) is 0 Å². The molecule has 25 heavy (non-hydrogen) atoms. The largest absolute Gasteiger partial charge is 0.503 e. The third-order valence-corrected chi connectivity index (χ3v) is 3.65. The van der Waals surface area contributed by atoms with Gasteiger partial charge in [-0.05, 0) is 30.5 Å². The average molecular weight is 342 g/mol. The second-order valence-electron chi connectivity index (χ2n) is 5.73. The maximum atomic E-state index is 12.1. The van der Waals surface area contributed by atoms with Crippen LogP contribution in [0.3, 0.4) is 0 Å². The van der Waals surface area contributed by atoms with Gasteiger partial charge in [-0.25, -0.2) is 14.8 Å². The number of aromatic nitrogens is 2. The first-order valence-electron chi connectivity index (χ1n) is 7.89. The van der Waals surface area contributed by atoms with Crippen LogP contribution >= 0.6 is 0 Å². The summed E-state index contributed by atoms with van der Waals surface area (Å²) in [6, 6.07) is 7.74. The van der Waals surface area contributed by atoms with Gasteiger partial charge < -0.3 is 14.2 Å². The first kappa shape index (κ1) is 18.4. The van der Waals surface area contributed by atoms with Gasteiger partial charge in [0.25, 0.3) is 0 Å². The molecule has 0 saturated carbocycles. The highest BCUT2D eigenvalue weighted by Crippen LogP contribution is 2.31. The fourth-order valence-corrected chi connectivity index (χ4v) is 2.32. The minimum atomic E-state index is -0.555. The van der Waals surface area contributed by atoms with Gasteiger partial charge in [-0.15, -0.1) is 0 Å². The number of aryl methyl sites for hydroxylation is 1. The molecule has 0 aliphatic carbocycles. The Morgan fingerprint density at radius 1 is 1.20 bits per heavy atom. The lowest BCUT2D eigenvalue weighted by molar-refractivity contribution is -0.133. The first-order valence-corrected chi connectivity index (χ1v) is 7.89. The number of esters is 1. The summed E-state index contributed by atoms with van der Waals surface area (Å²) in [7, 11) is 2.76. The molecule has 0 saturated heterocycles. The molecule has 0 fully saturated rings. The number of hydrogen-bond donors (Lipinski definition) is 0. The summed E-state index contributed by atoms with van der Waals surface area (Å²) < 4.78 is 15.8. The minimum absolute atomic E-state index is 0.193. The molecule has 1 heterocycles. The molecule has 0 spiro atoms. The van der Waals surface area contributed by atoms with Gasteiger partial charge in [0, 0.05) is 0 Å². The van der Waals surface area contributed by atoms with E-state index in [1.54, 1.807) is 6.92 Å². The van der Waals surface area contributed by atoms with Gasteiger partial charge >= 0.3 is 5.97 Å². The molecule has 0 unspecified atom stereocenters. The molecule has 1 aromatic heterocycles. The molecule has 6 heteroatoms. The van der Waals surface area contributed by atoms with Gasteiger partial charge in [0.15, 0.2) is 0 Å². The van der Waals surface area contributed by atoms with Crippen LogP contribution in [0.4, 0.5) is 0 Å². The summed E-state index contributed by atoms with van der Waals surface area (Å²) in [5.74, 6) is 0.712. The monoisotopic (exact) mass is 342 g/mol. The maximum absolute atomic E-state index is 12.1. The Morgan fingerprint density at radius 2 is 1.96 bits per heavy atom. The van der Waals surface area contributed by atoms with Crippen LogP contribution in [-0.4, -0.2) is 30.2 Å². The third-order valence-electron chi connectivity index (χ3n) is 3.65. The van der Waals surface area contributed by atoms with E-state index < -0.39 is 5.97 Å². The minimum Gasteiger partial charge on any atom is -0.503 e. The van der Waals surface area contributed by atoms with Crippen LogP contribution in [0.1, 0.15) is 36.6 Å². The Hall–Kier alpha value is -2.89. The molecule has 2 aromatic rings. The van der Waals surface area contributed by atoms with Crippen LogP contribution < -0.4 is 4.74 Å². The van der Waals surface area contributed by atoms with Gasteiger partial charge in [-0.2, -0.15) is 0 Å². The average Bonchev–Trinajstić information content (AvgIpc) is 2.60. The van der Waals surface area contributed by atoms with Gasteiger partial charge in [0.05, 0.1) is 31.7 Å². The molecule has 6 nitrogen and oxygen atoms in total. The van der Waals surface area contributed by atoms with Crippen molar-refractivity contribution in [1.29, 1.82) is 0 Å². The Kier molecular flexibility index (Phi) is 6.11. The van der Waals surface area contributed by atoms with Crippen molar-refractivity contribution in [2.45, 2.75) is 26.7 Å². The molecular weight excluding hydrogens is 320 g/mol. The van der Waals surface area contributed by atoms with Crippen molar-refractivity contribution in [3.05, 3.63) is 53.7 Å². The van der Waals surface area contributed by atoms with Crippen molar-refractivity contribution in [2.75, 3.05) is 14.2 Å². The zero-order valence-electron chi connectivity index (χ0n) is 15.1. The Labute approximate surface area is 147 Å². The second-order valence-corrected chi connectivity index (χ2v) is 5.73. The molecule has 0 bridgehead atoms. The van der Waals surface area contributed by atoms with E-state index in [1.165, 1.54) is 26.8 Å². The number of nitrogens with zero attached hydrogens (tertiary/aromatic N) is 2. The zero-order chi connectivity index (χ0) is 18.4. The van der Waals surface area contributed by atoms with E-state index in [0.29, 0.717) is 22.9 Å². The van der Waals surface area contributed by atoms with Gasteiger partial charge in [0.2, 0.25) is 5.88 Å². The second kappa shape index (κ2) is 8.28. The van der Waals surface area contributed by atoms with E-state index >= 15 is 0 Å². The van der Waals surface area contributed by atoms with E-state index in [2.05, 4.69) is 23.8 Å². The topological polar surface area (TPSA) is 70.5 Å². The lowest BCUT2D eigenvalue weighted by Crippen LogP contribution is -2.09. The summed E-state index contributed by atoms with van der Waals surface area (Å²) in [5.41, 5.74) is 2.36. The van der Waals surface area contributed by atoms with Crippen LogP contribution in [0.25, 0.3) is 5.57 Å². The number of carbonyl (C=O) groups excluding carboxylic acids is 1. The first-order chi connectivity index (χ1) is 12.0. The number of carbonyl (C=O) groups is 1. The van der Waals surface area contributed by atoms with Crippen LogP contribution in [0.15, 0.2) is 36.9 Å². The summed E-state index contributed by atoms with van der Waals surface area (Å²) in [6.07, 6.45) is 2.69. The van der Waals surface area contributed by atoms with Gasteiger partial charge in [0.1, 0.15) is 17.6 Å². The number of methoxy groups -OCH3 is 2. The predicted octanol–water partition coefficient (Wildman–Crippen LogP) is 3.86. The molecule has 0 aliphatic heterocycles. The Balaban J connectivity index is 2.49. The maximum Gasteiger partial charge on any atom is 0.341 e. The molecule has 0 aliphatic rings. The van der Waals surface area contributed by atoms with E-state index in [9.17, 15) is 4.79 Å². The fraction of sp³-hybridized carbons (Fsp3) is 0.316. The molecule has 1 aromatic carbocycles. The molecule has 2 rings (SSSR count). The number of benzene rings is 1. The molecule has 0 amide bonds. The Bertz CT molecular complexity index is 785. The third kappa shape index (κ3) is 4.35. The molecule has 0 radical (unpaired) electrons. The SMILES string of the molecule is CO/C=C(\C(=O)OC)c1c(C)ncnc1Oc1cccc(C(C)C)c1. The van der Waals surface area contributed by atoms with E-state index in [0.717, 1.165) is 5.56 Å². The van der Waals surface area contributed by atoms with Crippen molar-refractivity contribution in [3.63, 3.8) is 0 Å². The van der Waals surface area contributed by atoms with Crippen molar-refractivity contribution < 1.29 is 19.0 Å². The fourth-order valence-electron chi connectivity index (χ4n) is 2.32. The normalized spacial score (nSPS) is 11.4. The van der Waals surface area contributed by atoms with E-state index in [1.807, 2.05) is 24.3 Å². The van der Waals surface area contributed by atoms with Crippen molar-refractivity contribution in [3.8, 4) is 11.6 Å².